The van der Waals surface area contributed by atoms with Crippen molar-refractivity contribution in [3.8, 4) is 0 Å². The van der Waals surface area contributed by atoms with Crippen LogP contribution in [0.5, 0.6) is 0 Å². The molecule has 5 nitrogen and oxygen atoms in total. The maximum Gasteiger partial charge on any atom is 0.416 e. The molecule has 1 saturated heterocycles. The van der Waals surface area contributed by atoms with E-state index in [2.05, 4.69) is 9.88 Å². The average Bonchev–Trinajstić information content (AvgIpc) is 2.81. The van der Waals surface area contributed by atoms with Gasteiger partial charge in [0.1, 0.15) is 5.15 Å². The van der Waals surface area contributed by atoms with Gasteiger partial charge in [0.2, 0.25) is 0 Å². The van der Waals surface area contributed by atoms with E-state index in [1.165, 1.54) is 17.0 Å². The first kappa shape index (κ1) is 23.5. The number of hydrogen-bond donors (Lipinski definition) is 0. The summed E-state index contributed by atoms with van der Waals surface area (Å²) >= 11 is 6.41. The molecule has 0 aliphatic carbocycles. The van der Waals surface area contributed by atoms with Crippen LogP contribution < -0.4 is 0 Å². The second kappa shape index (κ2) is 10.1. The highest BCUT2D eigenvalue weighted by molar-refractivity contribution is 6.30. The van der Waals surface area contributed by atoms with Gasteiger partial charge < -0.3 is 9.64 Å². The Labute approximate surface area is 194 Å². The largest absolute Gasteiger partial charge is 0.416 e. The summed E-state index contributed by atoms with van der Waals surface area (Å²) in [5.74, 6) is -0.487. The van der Waals surface area contributed by atoms with Crippen molar-refractivity contribution in [1.82, 2.24) is 14.8 Å². The fourth-order valence-corrected chi connectivity index (χ4v) is 4.01. The molecule has 9 heteroatoms. The summed E-state index contributed by atoms with van der Waals surface area (Å²) < 4.78 is 45.0. The zero-order valence-electron chi connectivity index (χ0n) is 17.8. The van der Waals surface area contributed by atoms with Gasteiger partial charge in [-0.2, -0.15) is 13.2 Å². The molecule has 4 rings (SSSR count). The number of carbonyl (C=O) groups is 1. The van der Waals surface area contributed by atoms with E-state index >= 15 is 0 Å². The Morgan fingerprint density at radius 3 is 2.61 bits per heavy atom. The van der Waals surface area contributed by atoms with E-state index in [0.29, 0.717) is 31.9 Å². The minimum Gasteiger partial charge on any atom is -0.379 e. The maximum atomic E-state index is 13.3. The zero-order valence-corrected chi connectivity index (χ0v) is 18.6. The Balaban J connectivity index is 1.61. The molecule has 2 aromatic carbocycles. The molecular formula is C24H23ClF3N3O2. The van der Waals surface area contributed by atoms with Crippen molar-refractivity contribution in [2.75, 3.05) is 39.4 Å². The third-order valence-electron chi connectivity index (χ3n) is 5.63. The number of amides is 1. The number of rotatable bonds is 6. The number of nitrogens with zero attached hydrogens (tertiary/aromatic N) is 3. The van der Waals surface area contributed by atoms with Crippen LogP contribution in [0.4, 0.5) is 13.2 Å². The van der Waals surface area contributed by atoms with E-state index in [4.69, 9.17) is 16.3 Å². The third kappa shape index (κ3) is 5.82. The van der Waals surface area contributed by atoms with Crippen LogP contribution in [0, 0.1) is 0 Å². The quantitative estimate of drug-likeness (QED) is 0.475. The average molecular weight is 478 g/mol. The van der Waals surface area contributed by atoms with Gasteiger partial charge >= 0.3 is 6.18 Å². The van der Waals surface area contributed by atoms with Crippen molar-refractivity contribution in [3.63, 3.8) is 0 Å². The van der Waals surface area contributed by atoms with Gasteiger partial charge in [-0.05, 0) is 30.3 Å². The molecule has 174 valence electrons. The lowest BCUT2D eigenvalue weighted by atomic mass is 10.1. The van der Waals surface area contributed by atoms with Gasteiger partial charge in [-0.1, -0.05) is 35.9 Å². The maximum absolute atomic E-state index is 13.3. The molecule has 0 bridgehead atoms. The summed E-state index contributed by atoms with van der Waals surface area (Å²) in [7, 11) is 0. The number of benzene rings is 2. The number of halogens is 4. The van der Waals surface area contributed by atoms with Crippen LogP contribution in [0.25, 0.3) is 10.9 Å². The molecule has 0 saturated carbocycles. The predicted molar refractivity (Wildman–Crippen MR) is 120 cm³/mol. The number of carbonyl (C=O) groups excluding carboxylic acids is 1. The lowest BCUT2D eigenvalue weighted by molar-refractivity contribution is -0.137. The zero-order chi connectivity index (χ0) is 23.4. The van der Waals surface area contributed by atoms with E-state index in [-0.39, 0.29) is 17.3 Å². The number of alkyl halides is 3. The molecule has 0 radical (unpaired) electrons. The van der Waals surface area contributed by atoms with Gasteiger partial charge in [-0.3, -0.25) is 9.69 Å². The minimum absolute atomic E-state index is 0.0170. The molecule has 1 fully saturated rings. The smallest absolute Gasteiger partial charge is 0.379 e. The second-order valence-electron chi connectivity index (χ2n) is 7.89. The van der Waals surface area contributed by atoms with Crippen LogP contribution in [0.2, 0.25) is 5.15 Å². The minimum atomic E-state index is -4.53. The van der Waals surface area contributed by atoms with Gasteiger partial charge in [0, 0.05) is 49.2 Å². The number of morpholine rings is 1. The van der Waals surface area contributed by atoms with Crippen molar-refractivity contribution in [2.45, 2.75) is 12.7 Å². The molecule has 0 N–H and O–H groups in total. The van der Waals surface area contributed by atoms with Gasteiger partial charge in [0.15, 0.2) is 0 Å². The highest BCUT2D eigenvalue weighted by Crippen LogP contribution is 2.30. The summed E-state index contributed by atoms with van der Waals surface area (Å²) in [6.07, 6.45) is -4.53. The molecule has 33 heavy (non-hydrogen) atoms. The fraction of sp³-hybridized carbons (Fsp3) is 0.333. The number of aromatic nitrogens is 1. The first-order chi connectivity index (χ1) is 15.8. The van der Waals surface area contributed by atoms with Gasteiger partial charge in [-0.25, -0.2) is 4.98 Å². The van der Waals surface area contributed by atoms with Gasteiger partial charge in [0.25, 0.3) is 5.91 Å². The Hall–Kier alpha value is -2.68. The second-order valence-corrected chi connectivity index (χ2v) is 8.25. The molecule has 1 aliphatic heterocycles. The number of fused-ring (bicyclic) bond motifs is 1. The monoisotopic (exact) mass is 477 g/mol. The van der Waals surface area contributed by atoms with E-state index in [9.17, 15) is 18.0 Å². The molecule has 0 spiro atoms. The van der Waals surface area contributed by atoms with Crippen LogP contribution in [-0.2, 0) is 17.5 Å². The van der Waals surface area contributed by atoms with Crippen molar-refractivity contribution in [3.05, 3.63) is 76.4 Å². The van der Waals surface area contributed by atoms with Crippen LogP contribution in [0.1, 0.15) is 21.5 Å². The van der Waals surface area contributed by atoms with E-state index < -0.39 is 17.6 Å². The molecule has 1 amide bonds. The highest BCUT2D eigenvalue weighted by Gasteiger charge is 2.31. The summed E-state index contributed by atoms with van der Waals surface area (Å²) in [6.45, 7) is 3.75. The topological polar surface area (TPSA) is 45.7 Å². The predicted octanol–water partition coefficient (Wildman–Crippen LogP) is 4.88. The first-order valence-corrected chi connectivity index (χ1v) is 11.0. The van der Waals surface area contributed by atoms with Crippen LogP contribution >= 0.6 is 11.6 Å². The summed E-state index contributed by atoms with van der Waals surface area (Å²) in [6, 6.07) is 13.8. The molecule has 1 aliphatic rings. The van der Waals surface area contributed by atoms with Crippen molar-refractivity contribution >= 4 is 28.4 Å². The van der Waals surface area contributed by atoms with Gasteiger partial charge in [0.05, 0.1) is 24.3 Å². The first-order valence-electron chi connectivity index (χ1n) is 10.6. The van der Waals surface area contributed by atoms with E-state index in [1.54, 1.807) is 0 Å². The SMILES string of the molecule is O=C(c1cccc(C(F)(F)F)c1)N(CCN1CCOCC1)Cc1cc2ccccc2nc1Cl. The number of pyridine rings is 1. The fourth-order valence-electron chi connectivity index (χ4n) is 3.80. The number of ether oxygens (including phenoxy) is 1. The van der Waals surface area contributed by atoms with Crippen molar-refractivity contribution < 1.29 is 22.7 Å². The Kier molecular flexibility index (Phi) is 7.17. The van der Waals surface area contributed by atoms with E-state index in [1.807, 2.05) is 30.3 Å². The molecule has 0 unspecified atom stereocenters. The summed E-state index contributed by atoms with van der Waals surface area (Å²) in [4.78, 5) is 21.4. The molecule has 1 aromatic heterocycles. The molecular weight excluding hydrogens is 455 g/mol. The number of hydrogen-bond acceptors (Lipinski definition) is 4. The molecule has 2 heterocycles. The lowest BCUT2D eigenvalue weighted by Gasteiger charge is -2.30. The normalized spacial score (nSPS) is 15.0. The lowest BCUT2D eigenvalue weighted by Crippen LogP contribution is -2.43. The van der Waals surface area contributed by atoms with Crippen LogP contribution in [-0.4, -0.2) is 60.1 Å². The highest BCUT2D eigenvalue weighted by atomic mass is 35.5. The standard InChI is InChI=1S/C24H23ClF3N3O2/c25-22-19(14-17-4-1-2-7-21(17)29-22)16-31(9-8-30-10-12-33-13-11-30)23(32)18-5-3-6-20(15-18)24(26,27)28/h1-7,14-15H,8-13,16H2. The Bertz CT molecular complexity index is 1130. The van der Waals surface area contributed by atoms with Crippen molar-refractivity contribution in [2.24, 2.45) is 0 Å². The summed E-state index contributed by atoms with van der Waals surface area (Å²) in [5.41, 5.74) is 0.497. The molecule has 0 atom stereocenters. The van der Waals surface area contributed by atoms with E-state index in [0.717, 1.165) is 36.1 Å². The van der Waals surface area contributed by atoms with Gasteiger partial charge in [-0.15, -0.1) is 0 Å². The number of para-hydroxylation sites is 1. The van der Waals surface area contributed by atoms with Crippen LogP contribution in [0.15, 0.2) is 54.6 Å². The Morgan fingerprint density at radius 2 is 1.85 bits per heavy atom. The van der Waals surface area contributed by atoms with Crippen molar-refractivity contribution in [1.29, 1.82) is 0 Å². The third-order valence-corrected chi connectivity index (χ3v) is 5.95. The summed E-state index contributed by atoms with van der Waals surface area (Å²) in [5, 5.41) is 1.14. The van der Waals surface area contributed by atoms with Crippen LogP contribution in [0.3, 0.4) is 0 Å². The Morgan fingerprint density at radius 1 is 1.09 bits per heavy atom. The molecule has 3 aromatic rings.